The van der Waals surface area contributed by atoms with Gasteiger partial charge >= 0.3 is 0 Å². The molecule has 0 spiro atoms. The number of rotatable bonds is 5. The molecule has 148 valence electrons. The molecule has 1 saturated heterocycles. The minimum Gasteiger partial charge on any atom is -0.299 e. The van der Waals surface area contributed by atoms with E-state index in [1.807, 2.05) is 6.07 Å². The molecule has 0 atom stereocenters. The summed E-state index contributed by atoms with van der Waals surface area (Å²) in [6.45, 7) is 5.50. The first-order valence-corrected chi connectivity index (χ1v) is 12.0. The third kappa shape index (κ3) is 4.49. The lowest BCUT2D eigenvalue weighted by Gasteiger charge is -2.30. The average molecular weight is 436 g/mol. The second kappa shape index (κ2) is 7.99. The van der Waals surface area contributed by atoms with Crippen LogP contribution < -0.4 is 4.72 Å². The highest BCUT2D eigenvalue weighted by Crippen LogP contribution is 2.29. The van der Waals surface area contributed by atoms with Gasteiger partial charge in [-0.1, -0.05) is 35.9 Å². The second-order valence-corrected chi connectivity index (χ2v) is 10.5. The van der Waals surface area contributed by atoms with Crippen LogP contribution in [0.2, 0.25) is 5.02 Å². The van der Waals surface area contributed by atoms with Crippen molar-refractivity contribution in [2.45, 2.75) is 31.2 Å². The van der Waals surface area contributed by atoms with Gasteiger partial charge in [0.15, 0.2) is 5.13 Å². The Labute approximate surface area is 174 Å². The summed E-state index contributed by atoms with van der Waals surface area (Å²) < 4.78 is 28.7. The second-order valence-electron chi connectivity index (χ2n) is 7.34. The summed E-state index contributed by atoms with van der Waals surface area (Å²) in [5, 5.41) is 0.864. The zero-order chi connectivity index (χ0) is 19.7. The minimum absolute atomic E-state index is 0.163. The molecule has 1 aliphatic rings. The third-order valence-corrected chi connectivity index (χ3v) is 7.75. The van der Waals surface area contributed by atoms with Crippen LogP contribution in [-0.2, 0) is 16.6 Å². The maximum absolute atomic E-state index is 12.6. The molecule has 4 rings (SSSR count). The number of aromatic nitrogens is 1. The van der Waals surface area contributed by atoms with E-state index >= 15 is 0 Å². The van der Waals surface area contributed by atoms with Gasteiger partial charge in [0, 0.05) is 11.6 Å². The fourth-order valence-corrected chi connectivity index (χ4v) is 5.67. The van der Waals surface area contributed by atoms with Gasteiger partial charge < -0.3 is 0 Å². The molecule has 0 unspecified atom stereocenters. The summed E-state index contributed by atoms with van der Waals surface area (Å²) in [5.41, 5.74) is 2.03. The molecule has 8 heteroatoms. The summed E-state index contributed by atoms with van der Waals surface area (Å²) in [5.74, 6) is 0.816. The number of sulfonamides is 1. The van der Waals surface area contributed by atoms with Crippen molar-refractivity contribution in [1.82, 2.24) is 9.88 Å². The summed E-state index contributed by atoms with van der Waals surface area (Å²) in [6.07, 6.45) is 2.50. The number of anilines is 1. The summed E-state index contributed by atoms with van der Waals surface area (Å²) in [7, 11) is -3.68. The van der Waals surface area contributed by atoms with Gasteiger partial charge in [-0.3, -0.25) is 9.62 Å². The van der Waals surface area contributed by atoms with Crippen molar-refractivity contribution in [3.05, 3.63) is 53.1 Å². The summed E-state index contributed by atoms with van der Waals surface area (Å²) >= 11 is 7.19. The first kappa shape index (κ1) is 19.6. The molecule has 2 heterocycles. The normalized spacial score (nSPS) is 16.5. The van der Waals surface area contributed by atoms with Crippen molar-refractivity contribution >= 4 is 48.3 Å². The molecule has 3 aromatic rings. The highest BCUT2D eigenvalue weighted by atomic mass is 35.5. The fourth-order valence-electron chi connectivity index (χ4n) is 3.38. The van der Waals surface area contributed by atoms with Crippen LogP contribution in [0.4, 0.5) is 5.13 Å². The van der Waals surface area contributed by atoms with Crippen LogP contribution in [0.25, 0.3) is 10.2 Å². The number of benzene rings is 2. The Morgan fingerprint density at radius 2 is 1.89 bits per heavy atom. The maximum atomic E-state index is 12.6. The number of nitrogens with one attached hydrogen (secondary N) is 1. The van der Waals surface area contributed by atoms with E-state index in [4.69, 9.17) is 11.6 Å². The van der Waals surface area contributed by atoms with Crippen molar-refractivity contribution in [2.24, 2.45) is 5.92 Å². The van der Waals surface area contributed by atoms with Gasteiger partial charge in [0.05, 0.1) is 15.1 Å². The van der Waals surface area contributed by atoms with Crippen LogP contribution >= 0.6 is 22.9 Å². The molecule has 1 fully saturated rings. The zero-order valence-corrected chi connectivity index (χ0v) is 17.9. The van der Waals surface area contributed by atoms with Gasteiger partial charge in [0.25, 0.3) is 10.0 Å². The van der Waals surface area contributed by atoms with Crippen molar-refractivity contribution in [1.29, 1.82) is 0 Å². The first-order valence-electron chi connectivity index (χ1n) is 9.29. The molecule has 28 heavy (non-hydrogen) atoms. The highest BCUT2D eigenvalue weighted by molar-refractivity contribution is 7.93. The Morgan fingerprint density at radius 3 is 2.61 bits per heavy atom. The topological polar surface area (TPSA) is 62.3 Å². The number of hydrogen-bond donors (Lipinski definition) is 1. The van der Waals surface area contributed by atoms with Gasteiger partial charge in [-0.15, -0.1) is 0 Å². The van der Waals surface area contributed by atoms with Crippen molar-refractivity contribution < 1.29 is 8.42 Å². The van der Waals surface area contributed by atoms with E-state index in [2.05, 4.69) is 33.7 Å². The quantitative estimate of drug-likeness (QED) is 0.613. The first-order chi connectivity index (χ1) is 13.4. The lowest BCUT2D eigenvalue weighted by Crippen LogP contribution is -2.32. The predicted octanol–water partition coefficient (Wildman–Crippen LogP) is 4.98. The number of likely N-dealkylation sites (tertiary alicyclic amines) is 1. The number of fused-ring (bicyclic) bond motifs is 1. The van der Waals surface area contributed by atoms with Gasteiger partial charge in [0.1, 0.15) is 0 Å². The van der Waals surface area contributed by atoms with Crippen molar-refractivity contribution in [2.75, 3.05) is 17.8 Å². The Hall–Kier alpha value is -1.67. The number of halogens is 1. The Balaban J connectivity index is 1.50. The Bertz CT molecular complexity index is 1070. The van der Waals surface area contributed by atoms with E-state index in [-0.39, 0.29) is 4.90 Å². The summed E-state index contributed by atoms with van der Waals surface area (Å²) in [6, 6.07) is 12.2. The molecular weight excluding hydrogens is 414 g/mol. The standard InChI is InChI=1S/C20H22ClN3O2S2/c1-14-8-10-24(11-9-14)13-15-2-7-18-19(12-15)27-20(22-18)23-28(25,26)17-5-3-16(21)4-6-17/h2-7,12,14H,8-11,13H2,1H3,(H,22,23). The monoisotopic (exact) mass is 435 g/mol. The molecule has 1 N–H and O–H groups in total. The fraction of sp³-hybridized carbons (Fsp3) is 0.350. The number of piperidine rings is 1. The van der Waals surface area contributed by atoms with E-state index in [9.17, 15) is 8.42 Å². The van der Waals surface area contributed by atoms with E-state index < -0.39 is 10.0 Å². The predicted molar refractivity (Wildman–Crippen MR) is 116 cm³/mol. The van der Waals surface area contributed by atoms with E-state index in [1.54, 1.807) is 12.1 Å². The van der Waals surface area contributed by atoms with Gasteiger partial charge in [0.2, 0.25) is 0 Å². The van der Waals surface area contributed by atoms with E-state index in [0.29, 0.717) is 10.2 Å². The maximum Gasteiger partial charge on any atom is 0.263 e. The molecular formula is C20H22ClN3O2S2. The summed E-state index contributed by atoms with van der Waals surface area (Å²) in [4.78, 5) is 7.07. The van der Waals surface area contributed by atoms with Gasteiger partial charge in [-0.25, -0.2) is 13.4 Å². The van der Waals surface area contributed by atoms with Gasteiger partial charge in [-0.05, 0) is 73.8 Å². The Morgan fingerprint density at radius 1 is 1.18 bits per heavy atom. The van der Waals surface area contributed by atoms with Crippen molar-refractivity contribution in [3.8, 4) is 0 Å². The van der Waals surface area contributed by atoms with Crippen molar-refractivity contribution in [3.63, 3.8) is 0 Å². The minimum atomic E-state index is -3.68. The molecule has 0 aliphatic carbocycles. The lowest BCUT2D eigenvalue weighted by molar-refractivity contribution is 0.185. The molecule has 0 radical (unpaired) electrons. The van der Waals surface area contributed by atoms with Crippen LogP contribution in [0.15, 0.2) is 47.4 Å². The van der Waals surface area contributed by atoms with Crippen LogP contribution in [-0.4, -0.2) is 31.4 Å². The largest absolute Gasteiger partial charge is 0.299 e. The highest BCUT2D eigenvalue weighted by Gasteiger charge is 2.18. The average Bonchev–Trinajstić information content (AvgIpc) is 3.04. The van der Waals surface area contributed by atoms with Crippen LogP contribution in [0.1, 0.15) is 25.3 Å². The van der Waals surface area contributed by atoms with Crippen LogP contribution in [0.5, 0.6) is 0 Å². The molecule has 1 aromatic heterocycles. The molecule has 5 nitrogen and oxygen atoms in total. The number of nitrogens with zero attached hydrogens (tertiary/aromatic N) is 2. The van der Waals surface area contributed by atoms with Crippen LogP contribution in [0, 0.1) is 5.92 Å². The van der Waals surface area contributed by atoms with Crippen LogP contribution in [0.3, 0.4) is 0 Å². The zero-order valence-electron chi connectivity index (χ0n) is 15.6. The van der Waals surface area contributed by atoms with Gasteiger partial charge in [-0.2, -0.15) is 0 Å². The molecule has 0 saturated carbocycles. The SMILES string of the molecule is CC1CCN(Cc2ccc3nc(NS(=O)(=O)c4ccc(Cl)cc4)sc3c2)CC1. The molecule has 0 amide bonds. The Kier molecular flexibility index (Phi) is 5.60. The number of hydrogen-bond acceptors (Lipinski definition) is 5. The van der Waals surface area contributed by atoms with E-state index in [1.165, 1.54) is 41.9 Å². The molecule has 0 bridgehead atoms. The lowest BCUT2D eigenvalue weighted by atomic mass is 9.99. The smallest absolute Gasteiger partial charge is 0.263 e. The van der Waals surface area contributed by atoms with E-state index in [0.717, 1.165) is 35.8 Å². The number of thiazole rings is 1. The molecule has 1 aliphatic heterocycles. The third-order valence-electron chi connectivity index (χ3n) is 5.08. The molecule has 2 aromatic carbocycles.